The van der Waals surface area contributed by atoms with Crippen molar-refractivity contribution in [2.24, 2.45) is 16.8 Å². The molecule has 4 rings (SSSR count). The summed E-state index contributed by atoms with van der Waals surface area (Å²) in [4.78, 5) is 48.4. The first-order valence-electron chi connectivity index (χ1n) is 11.2. The normalized spacial score (nSPS) is 19.4. The van der Waals surface area contributed by atoms with Crippen LogP contribution in [0.1, 0.15) is 12.1 Å². The number of aliphatic carboxylic acids is 1. The number of pyridine rings is 1. The summed E-state index contributed by atoms with van der Waals surface area (Å²) in [5.41, 5.74) is 11.5. The Bertz CT molecular complexity index is 1250. The van der Waals surface area contributed by atoms with Gasteiger partial charge in [-0.1, -0.05) is 34.2 Å². The van der Waals surface area contributed by atoms with Gasteiger partial charge in [0.1, 0.15) is 16.6 Å². The van der Waals surface area contributed by atoms with E-state index in [2.05, 4.69) is 15.5 Å². The number of carboxylic acid groups (broad SMARTS) is 1. The van der Waals surface area contributed by atoms with Crippen LogP contribution in [-0.4, -0.2) is 64.2 Å². The van der Waals surface area contributed by atoms with Gasteiger partial charge in [-0.3, -0.25) is 14.5 Å². The molecule has 15 heteroatoms. The van der Waals surface area contributed by atoms with Crippen molar-refractivity contribution in [3.05, 3.63) is 51.9 Å². The van der Waals surface area contributed by atoms with Crippen LogP contribution in [0.5, 0.6) is 0 Å². The number of carbonyl (C=O) groups is 3. The van der Waals surface area contributed by atoms with Gasteiger partial charge in [-0.25, -0.2) is 9.55 Å². The molecule has 0 aliphatic carbocycles. The van der Waals surface area contributed by atoms with Crippen molar-refractivity contribution < 1.29 is 28.9 Å². The molecule has 1 saturated heterocycles. The first kappa shape index (κ1) is 26.9. The van der Waals surface area contributed by atoms with Gasteiger partial charge < -0.3 is 31.5 Å². The summed E-state index contributed by atoms with van der Waals surface area (Å²) in [6, 6.07) is 5.52. The van der Waals surface area contributed by atoms with E-state index in [1.165, 1.54) is 16.7 Å². The van der Waals surface area contributed by atoms with Crippen molar-refractivity contribution in [3.8, 4) is 0 Å². The van der Waals surface area contributed by atoms with Crippen LogP contribution in [0.3, 0.4) is 0 Å². The minimum Gasteiger partial charge on any atom is -0.543 e. The summed E-state index contributed by atoms with van der Waals surface area (Å²) in [5, 5.41) is 18.2. The number of anilines is 1. The van der Waals surface area contributed by atoms with Gasteiger partial charge in [0.25, 0.3) is 5.91 Å². The molecule has 2 aromatic heterocycles. The van der Waals surface area contributed by atoms with Crippen LogP contribution in [0.4, 0.5) is 5.13 Å². The third-order valence-electron chi connectivity index (χ3n) is 5.62. The number of halogens is 1. The molecule has 1 fully saturated rings. The lowest BCUT2D eigenvalue weighted by molar-refractivity contribution is -0.689. The Hall–Kier alpha value is -3.20. The molecule has 0 spiro atoms. The zero-order chi connectivity index (χ0) is 26.5. The zero-order valence-corrected chi connectivity index (χ0v) is 21.9. The standard InChI is InChI=1S/C22H24ClN7O5S2/c23-17-14(27-22(25)37-17)15(28-35-8-4-5-24)18(31)26-9-13-19(32)30-16(21(33)34)12(11-36-20(13)30)10-29-6-2-1-3-7-29/h1-3,6-7,13,20H,4-5,8-11,24H2,(H3-,25,26,27,31,33,34)/b28-15-/t13-,20-/m1/s1. The van der Waals surface area contributed by atoms with Crippen LogP contribution in [0.25, 0.3) is 0 Å². The lowest BCUT2D eigenvalue weighted by atomic mass is 9.95. The van der Waals surface area contributed by atoms with Gasteiger partial charge in [0, 0.05) is 30.0 Å². The average molecular weight is 566 g/mol. The minimum atomic E-state index is -1.41. The van der Waals surface area contributed by atoms with Gasteiger partial charge in [0.05, 0.1) is 23.0 Å². The van der Waals surface area contributed by atoms with Crippen molar-refractivity contribution in [3.63, 3.8) is 0 Å². The van der Waals surface area contributed by atoms with E-state index in [0.29, 0.717) is 30.8 Å². The summed E-state index contributed by atoms with van der Waals surface area (Å²) in [5.74, 6) is -2.72. The molecule has 4 heterocycles. The fraction of sp³-hybridized carbons (Fsp3) is 0.364. The number of aromatic nitrogens is 2. The number of nitrogens with two attached hydrogens (primary N) is 2. The van der Waals surface area contributed by atoms with Crippen LogP contribution >= 0.6 is 34.7 Å². The number of carboxylic acids is 1. The molecule has 0 aromatic carbocycles. The molecule has 2 atom stereocenters. The second kappa shape index (κ2) is 11.9. The highest BCUT2D eigenvalue weighted by molar-refractivity contribution is 8.00. The number of oxime groups is 1. The molecule has 2 aliphatic rings. The number of carbonyl (C=O) groups excluding carboxylic acids is 3. The first-order chi connectivity index (χ1) is 17.8. The molecule has 0 bridgehead atoms. The van der Waals surface area contributed by atoms with Gasteiger partial charge in [0.15, 0.2) is 29.8 Å². The Morgan fingerprint density at radius 1 is 1.35 bits per heavy atom. The number of β-lactam (4-membered cyclic amide) rings is 1. The molecule has 0 radical (unpaired) electrons. The van der Waals surface area contributed by atoms with Crippen LogP contribution in [0.2, 0.25) is 4.34 Å². The fourth-order valence-electron chi connectivity index (χ4n) is 3.89. The maximum absolute atomic E-state index is 13.0. The second-order valence-corrected chi connectivity index (χ2v) is 10.8. The summed E-state index contributed by atoms with van der Waals surface area (Å²) < 4.78 is 1.99. The highest BCUT2D eigenvalue weighted by Gasteiger charge is 2.52. The number of nitrogen functional groups attached to an aromatic ring is 1. The van der Waals surface area contributed by atoms with Gasteiger partial charge in [-0.05, 0) is 13.0 Å². The summed E-state index contributed by atoms with van der Waals surface area (Å²) >= 11 is 8.58. The summed E-state index contributed by atoms with van der Waals surface area (Å²) in [6.45, 7) is 0.834. The van der Waals surface area contributed by atoms with Crippen molar-refractivity contribution in [2.75, 3.05) is 31.2 Å². The molecular weight excluding hydrogens is 542 g/mol. The number of amides is 2. The highest BCUT2D eigenvalue weighted by Crippen LogP contribution is 2.43. The molecule has 196 valence electrons. The van der Waals surface area contributed by atoms with Crippen molar-refractivity contribution in [2.45, 2.75) is 18.3 Å². The third-order valence-corrected chi connectivity index (χ3v) is 8.10. The smallest absolute Gasteiger partial charge is 0.275 e. The average Bonchev–Trinajstić information content (AvgIpc) is 3.21. The Morgan fingerprint density at radius 3 is 2.76 bits per heavy atom. The number of rotatable bonds is 11. The van der Waals surface area contributed by atoms with Crippen molar-refractivity contribution >= 4 is 63.3 Å². The number of nitrogens with one attached hydrogen (secondary N) is 1. The van der Waals surface area contributed by atoms with Gasteiger partial charge in [-0.15, -0.1) is 11.8 Å². The fourth-order valence-corrected chi connectivity index (χ4v) is 6.22. The van der Waals surface area contributed by atoms with E-state index < -0.39 is 29.1 Å². The molecule has 2 aromatic rings. The number of thiazole rings is 1. The molecule has 12 nitrogen and oxygen atoms in total. The van der Waals surface area contributed by atoms with E-state index in [0.717, 1.165) is 11.3 Å². The predicted octanol–water partition coefficient (Wildman–Crippen LogP) is -0.913. The Morgan fingerprint density at radius 2 is 2.11 bits per heavy atom. The van der Waals surface area contributed by atoms with E-state index in [9.17, 15) is 19.5 Å². The Balaban J connectivity index is 1.46. The van der Waals surface area contributed by atoms with Gasteiger partial charge >= 0.3 is 0 Å². The van der Waals surface area contributed by atoms with Crippen molar-refractivity contribution in [1.82, 2.24) is 15.2 Å². The van der Waals surface area contributed by atoms with E-state index in [1.807, 2.05) is 35.2 Å². The second-order valence-electron chi connectivity index (χ2n) is 8.10. The maximum atomic E-state index is 13.0. The maximum Gasteiger partial charge on any atom is 0.275 e. The van der Waals surface area contributed by atoms with E-state index in [-0.39, 0.29) is 39.7 Å². The van der Waals surface area contributed by atoms with Gasteiger partial charge in [-0.2, -0.15) is 0 Å². The summed E-state index contributed by atoms with van der Waals surface area (Å²) in [6.07, 6.45) is 4.15. The number of thioether (sulfide) groups is 1. The highest BCUT2D eigenvalue weighted by atomic mass is 35.5. The zero-order valence-electron chi connectivity index (χ0n) is 19.5. The van der Waals surface area contributed by atoms with Crippen LogP contribution < -0.4 is 26.5 Å². The number of hydrogen-bond donors (Lipinski definition) is 3. The van der Waals surface area contributed by atoms with Crippen molar-refractivity contribution in [1.29, 1.82) is 0 Å². The third kappa shape index (κ3) is 5.87. The topological polar surface area (TPSA) is 180 Å². The number of hydrogen-bond acceptors (Lipinski definition) is 11. The molecule has 5 N–H and O–H groups in total. The number of nitrogens with zero attached hydrogens (tertiary/aromatic N) is 4. The van der Waals surface area contributed by atoms with Crippen LogP contribution in [0.15, 0.2) is 47.0 Å². The lowest BCUT2D eigenvalue weighted by Crippen LogP contribution is -2.65. The minimum absolute atomic E-state index is 0.0476. The largest absolute Gasteiger partial charge is 0.543 e. The summed E-state index contributed by atoms with van der Waals surface area (Å²) in [7, 11) is 0. The predicted molar refractivity (Wildman–Crippen MR) is 136 cm³/mol. The first-order valence-corrected chi connectivity index (χ1v) is 13.5. The van der Waals surface area contributed by atoms with Gasteiger partial charge in [0.2, 0.25) is 5.91 Å². The molecule has 0 saturated carbocycles. The number of fused-ring (bicyclic) bond motifs is 1. The van der Waals surface area contributed by atoms with E-state index in [1.54, 1.807) is 0 Å². The van der Waals surface area contributed by atoms with Crippen LogP contribution in [0, 0.1) is 5.92 Å². The molecule has 2 aliphatic heterocycles. The van der Waals surface area contributed by atoms with E-state index >= 15 is 0 Å². The lowest BCUT2D eigenvalue weighted by Gasteiger charge is -2.50. The molecule has 2 amide bonds. The van der Waals surface area contributed by atoms with E-state index in [4.69, 9.17) is 27.9 Å². The monoisotopic (exact) mass is 565 g/mol. The molecule has 37 heavy (non-hydrogen) atoms. The Labute approximate surface area is 225 Å². The SMILES string of the molecule is NCCCO/N=C(\C(=O)NC[C@@H]1C(=O)N2C(C(=O)[O-])=C(C[n+]3ccccc3)CS[C@H]12)c1nc(N)sc1Cl. The van der Waals surface area contributed by atoms with Crippen LogP contribution in [-0.2, 0) is 25.8 Å². The Kier molecular flexibility index (Phi) is 8.63. The molecule has 0 unspecified atom stereocenters. The molecular formula is C22H24ClN7O5S2. The quantitative estimate of drug-likeness (QED) is 0.102.